The highest BCUT2D eigenvalue weighted by atomic mass is 16.5. The van der Waals surface area contributed by atoms with Gasteiger partial charge in [0.2, 0.25) is 5.91 Å². The van der Waals surface area contributed by atoms with Crippen molar-refractivity contribution in [2.45, 2.75) is 68.9 Å². The van der Waals surface area contributed by atoms with E-state index in [1.54, 1.807) is 7.11 Å². The average molecular weight is 505 g/mol. The number of amides is 1. The number of hydrogen-bond donors (Lipinski definition) is 1. The number of aryl methyl sites for hydroxylation is 1. The smallest absolute Gasteiger partial charge is 0.222 e. The number of aliphatic hydroxyl groups is 1. The number of fused-ring (bicyclic) bond motifs is 1. The molecule has 2 aliphatic rings. The number of carbonyl (C=O) groups is 1. The Kier molecular flexibility index (Phi) is 9.44. The van der Waals surface area contributed by atoms with Crippen LogP contribution in [0, 0.1) is 5.92 Å². The fraction of sp³-hybridized carbons (Fsp3) is 0.531. The zero-order valence-corrected chi connectivity index (χ0v) is 22.6. The molecule has 5 heteroatoms. The van der Waals surface area contributed by atoms with Gasteiger partial charge in [0, 0.05) is 43.9 Å². The molecule has 5 nitrogen and oxygen atoms in total. The molecule has 4 atom stereocenters. The van der Waals surface area contributed by atoms with Gasteiger partial charge in [-0.15, -0.1) is 6.58 Å². The van der Waals surface area contributed by atoms with E-state index in [1.807, 2.05) is 30.2 Å². The van der Waals surface area contributed by atoms with Crippen molar-refractivity contribution in [1.29, 1.82) is 0 Å². The Labute approximate surface area is 223 Å². The van der Waals surface area contributed by atoms with Crippen molar-refractivity contribution in [3.05, 3.63) is 78.4 Å². The van der Waals surface area contributed by atoms with Crippen molar-refractivity contribution in [3.63, 3.8) is 0 Å². The van der Waals surface area contributed by atoms with Gasteiger partial charge >= 0.3 is 0 Å². The Hall–Kier alpha value is -2.63. The highest BCUT2D eigenvalue weighted by Gasteiger charge is 2.52. The number of benzene rings is 2. The highest BCUT2D eigenvalue weighted by Crippen LogP contribution is 2.50. The summed E-state index contributed by atoms with van der Waals surface area (Å²) >= 11 is 0. The number of carbonyl (C=O) groups excluding carboxylic acids is 1. The average Bonchev–Trinajstić information content (AvgIpc) is 2.93. The maximum atomic E-state index is 13.2. The van der Waals surface area contributed by atoms with Crippen LogP contribution in [0.5, 0.6) is 5.75 Å². The van der Waals surface area contributed by atoms with E-state index in [9.17, 15) is 9.90 Å². The molecule has 1 heterocycles. The van der Waals surface area contributed by atoms with Crippen molar-refractivity contribution in [3.8, 4) is 5.75 Å². The number of nitrogens with zero attached hydrogens (tertiary/aromatic N) is 2. The number of rotatable bonds is 11. The van der Waals surface area contributed by atoms with Crippen LogP contribution in [0.4, 0.5) is 0 Å². The van der Waals surface area contributed by atoms with Gasteiger partial charge in [-0.25, -0.2) is 0 Å². The lowest BCUT2D eigenvalue weighted by Crippen LogP contribution is -2.61. The SMILES string of the molecule is C=CCN1CC[C@@]2(c3cccc(OC)c3)C[C@@H](N(C)C(=O)CCCCCc3ccccc3)CC(O)[C@@H]2C1. The molecule has 1 saturated carbocycles. The molecule has 0 spiro atoms. The first-order valence-corrected chi connectivity index (χ1v) is 13.9. The van der Waals surface area contributed by atoms with E-state index in [0.717, 1.165) is 63.9 Å². The molecule has 1 N–H and O–H groups in total. The molecule has 200 valence electrons. The summed E-state index contributed by atoms with van der Waals surface area (Å²) in [6.07, 6.45) is 8.64. The van der Waals surface area contributed by atoms with Crippen molar-refractivity contribution in [2.24, 2.45) is 5.92 Å². The van der Waals surface area contributed by atoms with Gasteiger partial charge in [-0.05, 0) is 68.3 Å². The Bertz CT molecular complexity index is 1030. The van der Waals surface area contributed by atoms with Crippen LogP contribution < -0.4 is 4.74 Å². The molecule has 1 unspecified atom stereocenters. The van der Waals surface area contributed by atoms with Gasteiger partial charge in [-0.3, -0.25) is 9.69 Å². The summed E-state index contributed by atoms with van der Waals surface area (Å²) in [5, 5.41) is 11.5. The zero-order chi connectivity index (χ0) is 26.3. The fourth-order valence-corrected chi connectivity index (χ4v) is 6.64. The molecule has 4 rings (SSSR count). The molecular formula is C32H44N2O3. The largest absolute Gasteiger partial charge is 0.497 e. The summed E-state index contributed by atoms with van der Waals surface area (Å²) in [5.41, 5.74) is 2.40. The van der Waals surface area contributed by atoms with Crippen LogP contribution in [-0.2, 0) is 16.6 Å². The number of hydrogen-bond acceptors (Lipinski definition) is 4. The summed E-state index contributed by atoms with van der Waals surface area (Å²) in [6, 6.07) is 18.9. The zero-order valence-electron chi connectivity index (χ0n) is 22.6. The number of methoxy groups -OCH3 is 1. The number of likely N-dealkylation sites (tertiary alicyclic amines) is 1. The quantitative estimate of drug-likeness (QED) is 0.337. The monoisotopic (exact) mass is 504 g/mol. The minimum atomic E-state index is -0.460. The first-order chi connectivity index (χ1) is 18.0. The number of piperidine rings is 1. The maximum Gasteiger partial charge on any atom is 0.222 e. The lowest BCUT2D eigenvalue weighted by atomic mass is 9.56. The van der Waals surface area contributed by atoms with Crippen molar-refractivity contribution in [1.82, 2.24) is 9.80 Å². The van der Waals surface area contributed by atoms with Gasteiger partial charge in [-0.2, -0.15) is 0 Å². The van der Waals surface area contributed by atoms with Crippen LogP contribution in [0.1, 0.15) is 56.1 Å². The number of aliphatic hydroxyl groups excluding tert-OH is 1. The van der Waals surface area contributed by atoms with Gasteiger partial charge in [0.05, 0.1) is 13.2 Å². The van der Waals surface area contributed by atoms with E-state index in [4.69, 9.17) is 4.74 Å². The van der Waals surface area contributed by atoms with E-state index >= 15 is 0 Å². The molecule has 1 amide bonds. The Morgan fingerprint density at radius 3 is 2.76 bits per heavy atom. The predicted molar refractivity (Wildman–Crippen MR) is 150 cm³/mol. The molecule has 0 bridgehead atoms. The fourth-order valence-electron chi connectivity index (χ4n) is 6.64. The second-order valence-electron chi connectivity index (χ2n) is 11.0. The Morgan fingerprint density at radius 2 is 2.00 bits per heavy atom. The molecule has 0 radical (unpaired) electrons. The molecule has 37 heavy (non-hydrogen) atoms. The van der Waals surface area contributed by atoms with E-state index in [1.165, 1.54) is 11.1 Å². The third kappa shape index (κ3) is 6.45. The van der Waals surface area contributed by atoms with E-state index in [2.05, 4.69) is 53.9 Å². The van der Waals surface area contributed by atoms with Gasteiger partial charge in [0.15, 0.2) is 0 Å². The summed E-state index contributed by atoms with van der Waals surface area (Å²) in [7, 11) is 3.64. The third-order valence-electron chi connectivity index (χ3n) is 8.79. The van der Waals surface area contributed by atoms with Crippen LogP contribution in [-0.4, -0.2) is 66.8 Å². The van der Waals surface area contributed by atoms with Crippen molar-refractivity contribution in [2.75, 3.05) is 33.8 Å². The molecule has 2 fully saturated rings. The van der Waals surface area contributed by atoms with Crippen LogP contribution in [0.25, 0.3) is 0 Å². The van der Waals surface area contributed by atoms with Gasteiger partial charge in [-0.1, -0.05) is 55.0 Å². The summed E-state index contributed by atoms with van der Waals surface area (Å²) in [4.78, 5) is 17.6. The minimum Gasteiger partial charge on any atom is -0.497 e. The molecule has 1 saturated heterocycles. The summed E-state index contributed by atoms with van der Waals surface area (Å²) in [5.74, 6) is 1.15. The van der Waals surface area contributed by atoms with Crippen molar-refractivity contribution < 1.29 is 14.6 Å². The summed E-state index contributed by atoms with van der Waals surface area (Å²) in [6.45, 7) is 6.55. The predicted octanol–water partition coefficient (Wildman–Crippen LogP) is 5.23. The molecule has 1 aliphatic heterocycles. The van der Waals surface area contributed by atoms with Crippen LogP contribution in [0.2, 0.25) is 0 Å². The maximum absolute atomic E-state index is 13.2. The van der Waals surface area contributed by atoms with Gasteiger partial charge in [0.25, 0.3) is 0 Å². The second-order valence-corrected chi connectivity index (χ2v) is 11.0. The Balaban J connectivity index is 1.42. The molecule has 0 aromatic heterocycles. The second kappa shape index (κ2) is 12.7. The van der Waals surface area contributed by atoms with Crippen LogP contribution in [0.3, 0.4) is 0 Å². The summed E-state index contributed by atoms with van der Waals surface area (Å²) < 4.78 is 5.56. The minimum absolute atomic E-state index is 0.0280. The third-order valence-corrected chi connectivity index (χ3v) is 8.79. The topological polar surface area (TPSA) is 53.0 Å². The van der Waals surface area contributed by atoms with Gasteiger partial charge < -0.3 is 14.7 Å². The normalized spacial score (nSPS) is 25.8. The molecule has 2 aromatic rings. The van der Waals surface area contributed by atoms with E-state index in [-0.39, 0.29) is 23.3 Å². The first-order valence-electron chi connectivity index (χ1n) is 13.9. The molecule has 1 aliphatic carbocycles. The van der Waals surface area contributed by atoms with Gasteiger partial charge in [0.1, 0.15) is 5.75 Å². The van der Waals surface area contributed by atoms with Crippen LogP contribution in [0.15, 0.2) is 67.3 Å². The standard InChI is InChI=1S/C32H44N2O3/c1-4-19-34-20-18-32(26-15-11-16-28(21-26)37-3)23-27(22-30(35)29(32)24-34)33(2)31(36)17-10-6-9-14-25-12-7-5-8-13-25/h4-5,7-8,11-13,15-16,21,27,29-30,35H,1,6,9-10,14,17-20,22-24H2,2-3H3/t27-,29-,30?,32-/m0/s1. The highest BCUT2D eigenvalue weighted by molar-refractivity contribution is 5.76. The van der Waals surface area contributed by atoms with Crippen LogP contribution >= 0.6 is 0 Å². The Morgan fingerprint density at radius 1 is 1.19 bits per heavy atom. The van der Waals surface area contributed by atoms with E-state index in [0.29, 0.717) is 12.8 Å². The molecular weight excluding hydrogens is 460 g/mol. The lowest BCUT2D eigenvalue weighted by molar-refractivity contribution is -0.136. The van der Waals surface area contributed by atoms with Crippen molar-refractivity contribution >= 4 is 5.91 Å². The van der Waals surface area contributed by atoms with E-state index < -0.39 is 6.10 Å². The number of ether oxygens (including phenoxy) is 1. The number of unbranched alkanes of at least 4 members (excludes halogenated alkanes) is 2. The lowest BCUT2D eigenvalue weighted by Gasteiger charge is -2.56. The first kappa shape index (κ1) is 27.4. The molecule has 2 aromatic carbocycles.